The Morgan fingerprint density at radius 3 is 1.44 bits per heavy atom. The normalized spacial score (nSPS) is 13.6. The van der Waals surface area contributed by atoms with Crippen molar-refractivity contribution in [3.8, 4) is 11.8 Å². The molecule has 61 heavy (non-hydrogen) atoms. The third kappa shape index (κ3) is 11.1. The molecule has 0 aliphatic heterocycles. The van der Waals surface area contributed by atoms with Crippen LogP contribution in [0.3, 0.4) is 0 Å². The maximum absolute atomic E-state index is 13.4. The molecule has 2 aromatic carbocycles. The standard InChI is InChI=1S/C42H56N6O11S2/c1-9-26(10-2)35(28-15-18-30(19-16-28)43-45-36-24(7)32(22-60(54,55)56)39(50)47(13-5)41(36)52)29-17-20-34(31(21-29)38(49)27(11-3)12-4)44-46-37-25(8)33(23-61(57,58)59)40(51)48(14-6)42(37)53/h15-21,26-27,35,38,49-51H,9-14,22-23H2,1-8H3,(H,54,55,56)(H,57,58,59)/b45-43+,46-44+. The Labute approximate surface area is 356 Å². The van der Waals surface area contributed by atoms with Crippen molar-refractivity contribution in [1.29, 1.82) is 0 Å². The van der Waals surface area contributed by atoms with E-state index < -0.39 is 60.7 Å². The summed E-state index contributed by atoms with van der Waals surface area (Å²) in [4.78, 5) is 26.6. The molecular formula is C42H56N6O11S2. The summed E-state index contributed by atoms with van der Waals surface area (Å²) in [6.07, 6.45) is 1.94. The predicted molar refractivity (Wildman–Crippen MR) is 232 cm³/mol. The zero-order valence-electron chi connectivity index (χ0n) is 35.7. The van der Waals surface area contributed by atoms with Gasteiger partial charge >= 0.3 is 0 Å². The van der Waals surface area contributed by atoms with E-state index in [1.54, 1.807) is 32.0 Å². The highest BCUT2D eigenvalue weighted by Gasteiger charge is 2.28. The molecule has 0 spiro atoms. The van der Waals surface area contributed by atoms with Crippen LogP contribution < -0.4 is 11.1 Å². The van der Waals surface area contributed by atoms with Crippen molar-refractivity contribution in [3.63, 3.8) is 0 Å². The third-order valence-electron chi connectivity index (χ3n) is 11.4. The molecule has 2 heterocycles. The van der Waals surface area contributed by atoms with Crippen LogP contribution in [0.2, 0.25) is 0 Å². The lowest BCUT2D eigenvalue weighted by molar-refractivity contribution is 0.104. The Kier molecular flexibility index (Phi) is 16.1. The molecule has 0 radical (unpaired) electrons. The van der Waals surface area contributed by atoms with Gasteiger partial charge in [-0.15, -0.1) is 15.3 Å². The van der Waals surface area contributed by atoms with Crippen molar-refractivity contribution >= 4 is 43.0 Å². The summed E-state index contributed by atoms with van der Waals surface area (Å²) in [6, 6.07) is 12.7. The number of aliphatic hydroxyl groups is 1. The lowest BCUT2D eigenvalue weighted by atomic mass is 9.77. The number of pyridine rings is 2. The Hall–Kier alpha value is -5.08. The van der Waals surface area contributed by atoms with Gasteiger partial charge in [-0.2, -0.15) is 21.9 Å². The highest BCUT2D eigenvalue weighted by atomic mass is 32.2. The van der Waals surface area contributed by atoms with E-state index in [9.17, 15) is 50.8 Å². The molecule has 332 valence electrons. The van der Waals surface area contributed by atoms with E-state index in [-0.39, 0.29) is 70.2 Å². The van der Waals surface area contributed by atoms with E-state index in [1.807, 2.05) is 38.1 Å². The summed E-state index contributed by atoms with van der Waals surface area (Å²) in [5.41, 5.74) is 0.844. The quantitative estimate of drug-likeness (QED) is 0.0439. The van der Waals surface area contributed by atoms with Crippen molar-refractivity contribution in [3.05, 3.63) is 102 Å². The number of rotatable bonds is 19. The van der Waals surface area contributed by atoms with Gasteiger partial charge in [-0.1, -0.05) is 77.6 Å². The first-order chi connectivity index (χ1) is 28.7. The van der Waals surface area contributed by atoms with Crippen LogP contribution >= 0.6 is 0 Å². The SMILES string of the molecule is CCC(CC)C(O)c1cc(C(c2ccc(/N=N/c3c(C)c(CS(=O)(=O)O)c(O)n(CC)c3=O)cc2)C(CC)CC)ccc1/N=N/c1c(C)c(CS(=O)(=O)O)c(O)n(CC)c1=O. The van der Waals surface area contributed by atoms with E-state index in [2.05, 4.69) is 34.3 Å². The molecule has 0 bridgehead atoms. The largest absolute Gasteiger partial charge is 0.494 e. The van der Waals surface area contributed by atoms with Gasteiger partial charge in [0.25, 0.3) is 31.4 Å². The first kappa shape index (κ1) is 48.6. The number of hydrogen-bond donors (Lipinski definition) is 5. The maximum Gasteiger partial charge on any atom is 0.281 e. The summed E-state index contributed by atoms with van der Waals surface area (Å²) >= 11 is 0. The van der Waals surface area contributed by atoms with Crippen molar-refractivity contribution < 1.29 is 41.3 Å². The first-order valence-corrected chi connectivity index (χ1v) is 23.4. The van der Waals surface area contributed by atoms with Crippen LogP contribution in [0, 0.1) is 25.7 Å². The molecule has 19 heteroatoms. The highest BCUT2D eigenvalue weighted by Crippen LogP contribution is 2.42. The minimum atomic E-state index is -4.59. The molecule has 2 aromatic heterocycles. The molecular weight excluding hydrogens is 829 g/mol. The van der Waals surface area contributed by atoms with Gasteiger partial charge in [0.05, 0.1) is 17.5 Å². The zero-order chi connectivity index (χ0) is 45.6. The molecule has 2 unspecified atom stereocenters. The molecule has 0 fully saturated rings. The van der Waals surface area contributed by atoms with Crippen molar-refractivity contribution in [2.75, 3.05) is 0 Å². The van der Waals surface area contributed by atoms with Crippen LogP contribution in [0.1, 0.15) is 118 Å². The van der Waals surface area contributed by atoms with Gasteiger partial charge in [0.15, 0.2) is 23.1 Å². The zero-order valence-corrected chi connectivity index (χ0v) is 37.3. The maximum atomic E-state index is 13.4. The molecule has 0 saturated carbocycles. The highest BCUT2D eigenvalue weighted by molar-refractivity contribution is 7.85. The molecule has 0 aliphatic carbocycles. The van der Waals surface area contributed by atoms with Gasteiger partial charge in [0.2, 0.25) is 0 Å². The summed E-state index contributed by atoms with van der Waals surface area (Å²) in [7, 11) is -9.14. The average Bonchev–Trinajstić information content (AvgIpc) is 3.20. The van der Waals surface area contributed by atoms with Crippen molar-refractivity contribution in [2.45, 2.75) is 118 Å². The van der Waals surface area contributed by atoms with Crippen LogP contribution in [0.25, 0.3) is 0 Å². The second-order valence-electron chi connectivity index (χ2n) is 15.0. The van der Waals surface area contributed by atoms with Crippen LogP contribution in [-0.2, 0) is 44.8 Å². The lowest BCUT2D eigenvalue weighted by Gasteiger charge is -2.28. The Morgan fingerprint density at radius 2 is 1.03 bits per heavy atom. The van der Waals surface area contributed by atoms with Gasteiger partial charge in [-0.05, 0) is 80.0 Å². The molecule has 4 aromatic rings. The molecule has 0 amide bonds. The fourth-order valence-electron chi connectivity index (χ4n) is 7.79. The monoisotopic (exact) mass is 884 g/mol. The number of aromatic nitrogens is 2. The fraction of sp³-hybridized carbons (Fsp3) is 0.476. The van der Waals surface area contributed by atoms with Gasteiger partial charge < -0.3 is 15.3 Å². The smallest absolute Gasteiger partial charge is 0.281 e. The Bertz CT molecular complexity index is 2630. The van der Waals surface area contributed by atoms with E-state index in [1.165, 1.54) is 13.8 Å². The van der Waals surface area contributed by atoms with Gasteiger partial charge in [0.1, 0.15) is 11.5 Å². The van der Waals surface area contributed by atoms with Gasteiger partial charge in [-0.3, -0.25) is 27.8 Å². The Morgan fingerprint density at radius 1 is 0.607 bits per heavy atom. The topological polar surface area (TPSA) is 263 Å². The van der Waals surface area contributed by atoms with Crippen molar-refractivity contribution in [2.24, 2.45) is 32.3 Å². The van der Waals surface area contributed by atoms with E-state index in [0.717, 1.165) is 33.1 Å². The minimum absolute atomic E-state index is 0.0107. The first-order valence-electron chi connectivity index (χ1n) is 20.2. The van der Waals surface area contributed by atoms with Crippen LogP contribution in [0.4, 0.5) is 22.7 Å². The molecule has 5 N–H and O–H groups in total. The van der Waals surface area contributed by atoms with E-state index in [0.29, 0.717) is 24.1 Å². The number of nitrogens with zero attached hydrogens (tertiary/aromatic N) is 6. The third-order valence-corrected chi connectivity index (χ3v) is 12.7. The van der Waals surface area contributed by atoms with Gasteiger partial charge in [-0.25, -0.2) is 0 Å². The second kappa shape index (κ2) is 20.2. The van der Waals surface area contributed by atoms with Crippen LogP contribution in [0.5, 0.6) is 11.8 Å². The average molecular weight is 885 g/mol. The molecule has 0 saturated heterocycles. The number of hydrogen-bond acceptors (Lipinski definition) is 13. The van der Waals surface area contributed by atoms with Crippen molar-refractivity contribution in [1.82, 2.24) is 9.13 Å². The van der Waals surface area contributed by atoms with Gasteiger partial charge in [0, 0.05) is 35.7 Å². The molecule has 4 rings (SSSR count). The number of aromatic hydroxyl groups is 2. The van der Waals surface area contributed by atoms with E-state index in [4.69, 9.17) is 0 Å². The number of aliphatic hydroxyl groups excluding tert-OH is 1. The van der Waals surface area contributed by atoms with Crippen LogP contribution in [0.15, 0.2) is 72.5 Å². The Balaban J connectivity index is 1.85. The van der Waals surface area contributed by atoms with Crippen LogP contribution in [-0.4, -0.2) is 50.4 Å². The molecule has 2 atom stereocenters. The summed E-state index contributed by atoms with van der Waals surface area (Å²) in [5, 5.41) is 50.3. The molecule has 17 nitrogen and oxygen atoms in total. The summed E-state index contributed by atoms with van der Waals surface area (Å²) in [5.74, 6) is -3.24. The predicted octanol–water partition coefficient (Wildman–Crippen LogP) is 8.72. The fourth-order valence-corrected chi connectivity index (χ4v) is 9.21. The number of benzene rings is 2. The summed E-state index contributed by atoms with van der Waals surface area (Å²) in [6.45, 7) is 14.1. The molecule has 0 aliphatic rings. The lowest BCUT2D eigenvalue weighted by Crippen LogP contribution is -2.22. The second-order valence-corrected chi connectivity index (χ2v) is 17.9. The number of azo groups is 2. The van der Waals surface area contributed by atoms with E-state index >= 15 is 0 Å². The minimum Gasteiger partial charge on any atom is -0.494 e. The summed E-state index contributed by atoms with van der Waals surface area (Å²) < 4.78 is 68.0.